The van der Waals surface area contributed by atoms with E-state index in [9.17, 15) is 29.4 Å². The van der Waals surface area contributed by atoms with Crippen LogP contribution in [0.4, 0.5) is 0 Å². The van der Waals surface area contributed by atoms with Crippen LogP contribution >= 0.6 is 0 Å². The standard InChI is InChI=1S/C18H14O8.C2H6O.H2O/c19-15(20)13(25-17(23)11-7-3-1-4-8-11)14(16(21)22)26-18(24)12-9-5-2-6-10-12;1-2-3;/h1-10,13-14H,(H,19,20)(H,21,22);3H,2H2,1H3;1H2/t13-,14-;;/m0../s1. The van der Waals surface area contributed by atoms with Gasteiger partial charge in [-0.05, 0) is 31.2 Å². The molecule has 2 rings (SSSR count). The van der Waals surface area contributed by atoms with Crippen LogP contribution < -0.4 is 0 Å². The number of rotatable bonds is 7. The van der Waals surface area contributed by atoms with Gasteiger partial charge in [0.15, 0.2) is 0 Å². The van der Waals surface area contributed by atoms with Crippen LogP contribution in [0.1, 0.15) is 27.6 Å². The molecule has 0 saturated carbocycles. The van der Waals surface area contributed by atoms with E-state index in [1.54, 1.807) is 19.1 Å². The molecule has 2 aromatic carbocycles. The summed E-state index contributed by atoms with van der Waals surface area (Å²) >= 11 is 0. The molecule has 2 aromatic rings. The van der Waals surface area contributed by atoms with Crippen molar-refractivity contribution >= 4 is 23.9 Å². The molecular weight excluding hydrogens is 400 g/mol. The van der Waals surface area contributed by atoms with E-state index in [0.717, 1.165) is 0 Å². The number of carbonyl (C=O) groups excluding carboxylic acids is 2. The number of carboxylic acid groups (broad SMARTS) is 2. The summed E-state index contributed by atoms with van der Waals surface area (Å²) in [5.41, 5.74) is 0.0505. The second kappa shape index (κ2) is 13.4. The van der Waals surface area contributed by atoms with E-state index in [-0.39, 0.29) is 23.2 Å². The third-order valence-electron chi connectivity index (χ3n) is 3.25. The molecule has 0 bridgehead atoms. The Labute approximate surface area is 171 Å². The average molecular weight is 422 g/mol. The Morgan fingerprint density at radius 3 is 1.23 bits per heavy atom. The van der Waals surface area contributed by atoms with Crippen molar-refractivity contribution in [2.45, 2.75) is 19.1 Å². The Bertz CT molecular complexity index is 750. The molecule has 2 atom stereocenters. The maximum absolute atomic E-state index is 12.0. The summed E-state index contributed by atoms with van der Waals surface area (Å²) in [6.07, 6.45) is -4.43. The molecule has 0 aromatic heterocycles. The number of esters is 2. The summed E-state index contributed by atoms with van der Waals surface area (Å²) in [6, 6.07) is 14.8. The molecule has 0 saturated heterocycles. The summed E-state index contributed by atoms with van der Waals surface area (Å²) in [7, 11) is 0. The molecule has 0 fully saturated rings. The molecule has 5 N–H and O–H groups in total. The van der Waals surface area contributed by atoms with Crippen molar-refractivity contribution in [3.8, 4) is 0 Å². The van der Waals surface area contributed by atoms with Crippen LogP contribution in [0.3, 0.4) is 0 Å². The molecule has 162 valence electrons. The van der Waals surface area contributed by atoms with Crippen molar-refractivity contribution in [1.29, 1.82) is 0 Å². The van der Waals surface area contributed by atoms with Gasteiger partial charge in [-0.3, -0.25) is 0 Å². The average Bonchev–Trinajstić information content (AvgIpc) is 2.71. The van der Waals surface area contributed by atoms with Gasteiger partial charge in [0.1, 0.15) is 0 Å². The van der Waals surface area contributed by atoms with E-state index in [4.69, 9.17) is 14.6 Å². The molecule has 0 amide bonds. The maximum atomic E-state index is 12.0. The van der Waals surface area contributed by atoms with Crippen molar-refractivity contribution < 1.29 is 49.4 Å². The molecule has 0 heterocycles. The lowest BCUT2D eigenvalue weighted by Crippen LogP contribution is -2.45. The smallest absolute Gasteiger partial charge is 0.349 e. The van der Waals surface area contributed by atoms with Gasteiger partial charge in [-0.15, -0.1) is 0 Å². The first-order chi connectivity index (χ1) is 13.8. The van der Waals surface area contributed by atoms with Crippen LogP contribution in [0.5, 0.6) is 0 Å². The molecule has 0 spiro atoms. The van der Waals surface area contributed by atoms with Gasteiger partial charge in [0.25, 0.3) is 0 Å². The van der Waals surface area contributed by atoms with Crippen LogP contribution in [0.25, 0.3) is 0 Å². The topological polar surface area (TPSA) is 179 Å². The normalized spacial score (nSPS) is 11.4. The highest BCUT2D eigenvalue weighted by Gasteiger charge is 2.40. The van der Waals surface area contributed by atoms with E-state index in [1.807, 2.05) is 0 Å². The van der Waals surface area contributed by atoms with E-state index in [1.165, 1.54) is 48.5 Å². The Balaban J connectivity index is 0.00000198. The number of carboxylic acids is 2. The number of aliphatic hydroxyl groups is 1. The zero-order valence-corrected chi connectivity index (χ0v) is 15.9. The van der Waals surface area contributed by atoms with Crippen LogP contribution in [0.2, 0.25) is 0 Å². The van der Waals surface area contributed by atoms with Crippen LogP contribution in [0.15, 0.2) is 60.7 Å². The molecule has 0 aliphatic heterocycles. The molecule has 10 nitrogen and oxygen atoms in total. The summed E-state index contributed by atoms with van der Waals surface area (Å²) in [5, 5.41) is 26.0. The Kier molecular flexibility index (Phi) is 11.7. The molecule has 0 aliphatic rings. The monoisotopic (exact) mass is 422 g/mol. The minimum absolute atomic E-state index is 0. The van der Waals surface area contributed by atoms with Gasteiger partial charge in [-0.25, -0.2) is 19.2 Å². The number of aliphatic hydroxyl groups excluding tert-OH is 1. The predicted octanol–water partition coefficient (Wildman–Crippen LogP) is 0.781. The minimum atomic E-state index is -2.21. The summed E-state index contributed by atoms with van der Waals surface area (Å²) in [6.45, 7) is 1.93. The van der Waals surface area contributed by atoms with Gasteiger partial charge in [-0.2, -0.15) is 0 Å². The molecule has 0 unspecified atom stereocenters. The van der Waals surface area contributed by atoms with Gasteiger partial charge in [0, 0.05) is 6.61 Å². The zero-order chi connectivity index (χ0) is 21.8. The van der Waals surface area contributed by atoms with Gasteiger partial charge < -0.3 is 30.3 Å². The van der Waals surface area contributed by atoms with Crippen molar-refractivity contribution in [2.75, 3.05) is 6.61 Å². The van der Waals surface area contributed by atoms with Gasteiger partial charge in [-0.1, -0.05) is 36.4 Å². The molecular formula is C20H22O10. The van der Waals surface area contributed by atoms with E-state index in [2.05, 4.69) is 0 Å². The lowest BCUT2D eigenvalue weighted by atomic mass is 10.1. The number of ether oxygens (including phenoxy) is 2. The number of benzene rings is 2. The third-order valence-corrected chi connectivity index (χ3v) is 3.25. The lowest BCUT2D eigenvalue weighted by Gasteiger charge is -2.21. The van der Waals surface area contributed by atoms with Gasteiger partial charge >= 0.3 is 23.9 Å². The second-order valence-corrected chi connectivity index (χ2v) is 5.38. The first kappa shape index (κ1) is 26.2. The van der Waals surface area contributed by atoms with Crippen molar-refractivity contribution in [3.63, 3.8) is 0 Å². The Morgan fingerprint density at radius 2 is 1.00 bits per heavy atom. The van der Waals surface area contributed by atoms with Crippen LogP contribution in [0, 0.1) is 0 Å². The number of hydrogen-bond donors (Lipinski definition) is 3. The number of carbonyl (C=O) groups is 4. The van der Waals surface area contributed by atoms with Gasteiger partial charge in [0.05, 0.1) is 11.1 Å². The lowest BCUT2D eigenvalue weighted by molar-refractivity contribution is -0.166. The van der Waals surface area contributed by atoms with Crippen molar-refractivity contribution in [1.82, 2.24) is 0 Å². The number of aliphatic carboxylic acids is 2. The highest BCUT2D eigenvalue weighted by atomic mass is 16.6. The quantitative estimate of drug-likeness (QED) is 0.543. The fourth-order valence-electron chi connectivity index (χ4n) is 2.00. The van der Waals surface area contributed by atoms with Crippen LogP contribution in [-0.4, -0.2) is 63.5 Å². The second-order valence-electron chi connectivity index (χ2n) is 5.38. The molecule has 0 radical (unpaired) electrons. The Morgan fingerprint density at radius 1 is 0.733 bits per heavy atom. The van der Waals surface area contributed by atoms with E-state index >= 15 is 0 Å². The molecule has 10 heteroatoms. The predicted molar refractivity (Wildman–Crippen MR) is 103 cm³/mol. The summed E-state index contributed by atoms with van der Waals surface area (Å²) in [5.74, 6) is -5.63. The molecule has 30 heavy (non-hydrogen) atoms. The Hall–Kier alpha value is -3.76. The van der Waals surface area contributed by atoms with Crippen molar-refractivity contribution in [2.24, 2.45) is 0 Å². The van der Waals surface area contributed by atoms with Gasteiger partial charge in [0.2, 0.25) is 12.2 Å². The molecule has 0 aliphatic carbocycles. The highest BCUT2D eigenvalue weighted by molar-refractivity contribution is 5.95. The highest BCUT2D eigenvalue weighted by Crippen LogP contribution is 2.13. The fourth-order valence-corrected chi connectivity index (χ4v) is 2.00. The summed E-state index contributed by atoms with van der Waals surface area (Å²) in [4.78, 5) is 46.8. The first-order valence-corrected chi connectivity index (χ1v) is 8.40. The SMILES string of the molecule is CCO.O.O=C(O[C@H](C(=O)O)[C@H](OC(=O)c1ccccc1)C(=O)O)c1ccccc1. The third kappa shape index (κ3) is 8.09. The van der Waals surface area contributed by atoms with E-state index in [0.29, 0.717) is 0 Å². The minimum Gasteiger partial charge on any atom is -0.478 e. The fraction of sp³-hybridized carbons (Fsp3) is 0.200. The van der Waals surface area contributed by atoms with E-state index < -0.39 is 36.1 Å². The number of hydrogen-bond acceptors (Lipinski definition) is 7. The maximum Gasteiger partial charge on any atom is 0.349 e. The summed E-state index contributed by atoms with van der Waals surface area (Å²) < 4.78 is 9.52. The van der Waals surface area contributed by atoms with Crippen molar-refractivity contribution in [3.05, 3.63) is 71.8 Å². The largest absolute Gasteiger partial charge is 0.478 e. The van der Waals surface area contributed by atoms with Crippen LogP contribution in [-0.2, 0) is 19.1 Å². The first-order valence-electron chi connectivity index (χ1n) is 8.40. The zero-order valence-electron chi connectivity index (χ0n) is 15.9.